The Morgan fingerprint density at radius 2 is 2.11 bits per heavy atom. The molecule has 1 aromatic heterocycles. The summed E-state index contributed by atoms with van der Waals surface area (Å²) in [6.45, 7) is 4.79. The summed E-state index contributed by atoms with van der Waals surface area (Å²) >= 11 is 5.92. The first-order valence-electron chi connectivity index (χ1n) is 6.22. The van der Waals surface area contributed by atoms with Crippen molar-refractivity contribution in [3.63, 3.8) is 0 Å². The fraction of sp³-hybridized carbons (Fsp3) is 0.583. The maximum atomic E-state index is 12.0. The van der Waals surface area contributed by atoms with Crippen LogP contribution in [0.5, 0.6) is 0 Å². The number of rotatable bonds is 8. The zero-order valence-corrected chi connectivity index (χ0v) is 13.6. The highest BCUT2D eigenvalue weighted by atomic mass is 32.2. The minimum absolute atomic E-state index is 0.225. The van der Waals surface area contributed by atoms with Crippen LogP contribution in [0.15, 0.2) is 16.3 Å². The zero-order chi connectivity index (χ0) is 14.5. The van der Waals surface area contributed by atoms with Crippen molar-refractivity contribution in [2.45, 2.75) is 37.3 Å². The molecule has 19 heavy (non-hydrogen) atoms. The van der Waals surface area contributed by atoms with E-state index >= 15 is 0 Å². The van der Waals surface area contributed by atoms with Crippen LogP contribution in [0.4, 0.5) is 0 Å². The molecular formula is C12H20N2O2S3. The van der Waals surface area contributed by atoms with Gasteiger partial charge in [0.15, 0.2) is 0 Å². The lowest BCUT2D eigenvalue weighted by atomic mass is 10.1. The van der Waals surface area contributed by atoms with Gasteiger partial charge in [0, 0.05) is 6.54 Å². The Bertz CT molecular complexity index is 521. The fourth-order valence-corrected chi connectivity index (χ4v) is 4.02. The maximum absolute atomic E-state index is 12.0. The first kappa shape index (κ1) is 16.6. The van der Waals surface area contributed by atoms with Crippen molar-refractivity contribution in [2.24, 2.45) is 11.7 Å². The zero-order valence-electron chi connectivity index (χ0n) is 11.2. The molecule has 0 atom stereocenters. The number of hydrogen-bond acceptors (Lipinski definition) is 4. The van der Waals surface area contributed by atoms with Crippen LogP contribution in [0.2, 0.25) is 0 Å². The van der Waals surface area contributed by atoms with Gasteiger partial charge in [0.1, 0.15) is 9.20 Å². The SMILES string of the molecule is CC(C)CCCCNS(=O)(=O)c1ccc(C(N)=S)s1. The normalized spacial score (nSPS) is 11.9. The molecule has 4 nitrogen and oxygen atoms in total. The second-order valence-corrected chi connectivity index (χ2v) is 8.29. The van der Waals surface area contributed by atoms with Gasteiger partial charge in [-0.1, -0.05) is 38.9 Å². The predicted octanol–water partition coefficient (Wildman–Crippen LogP) is 2.49. The Morgan fingerprint density at radius 1 is 1.42 bits per heavy atom. The van der Waals surface area contributed by atoms with Crippen LogP contribution in [0.3, 0.4) is 0 Å². The molecule has 1 aromatic rings. The van der Waals surface area contributed by atoms with Gasteiger partial charge in [0.25, 0.3) is 0 Å². The highest BCUT2D eigenvalue weighted by Gasteiger charge is 2.16. The quantitative estimate of drug-likeness (QED) is 0.570. The molecule has 0 radical (unpaired) electrons. The maximum Gasteiger partial charge on any atom is 0.250 e. The van der Waals surface area contributed by atoms with E-state index < -0.39 is 10.0 Å². The molecule has 0 spiro atoms. The largest absolute Gasteiger partial charge is 0.389 e. The van der Waals surface area contributed by atoms with E-state index in [1.54, 1.807) is 6.07 Å². The summed E-state index contributed by atoms with van der Waals surface area (Å²) in [7, 11) is -3.42. The van der Waals surface area contributed by atoms with E-state index in [0.717, 1.165) is 30.6 Å². The van der Waals surface area contributed by atoms with E-state index in [0.29, 0.717) is 17.3 Å². The molecule has 3 N–H and O–H groups in total. The van der Waals surface area contributed by atoms with Gasteiger partial charge in [0.05, 0.1) is 4.88 Å². The van der Waals surface area contributed by atoms with Gasteiger partial charge in [-0.15, -0.1) is 11.3 Å². The third-order valence-corrected chi connectivity index (χ3v) is 6.01. The van der Waals surface area contributed by atoms with Gasteiger partial charge in [-0.05, 0) is 24.5 Å². The fourth-order valence-electron chi connectivity index (χ4n) is 1.55. The summed E-state index contributed by atoms with van der Waals surface area (Å²) in [6.07, 6.45) is 3.00. The average Bonchev–Trinajstić information content (AvgIpc) is 2.77. The van der Waals surface area contributed by atoms with Gasteiger partial charge in [-0.25, -0.2) is 13.1 Å². The van der Waals surface area contributed by atoms with Crippen molar-refractivity contribution in [1.82, 2.24) is 4.72 Å². The van der Waals surface area contributed by atoms with E-state index in [4.69, 9.17) is 18.0 Å². The molecule has 1 heterocycles. The first-order chi connectivity index (χ1) is 8.83. The average molecular weight is 321 g/mol. The van der Waals surface area contributed by atoms with Crippen molar-refractivity contribution in [1.29, 1.82) is 0 Å². The number of nitrogens with two attached hydrogens (primary N) is 1. The molecule has 0 aliphatic rings. The van der Waals surface area contributed by atoms with E-state index in [1.807, 2.05) is 0 Å². The molecule has 0 amide bonds. The number of nitrogens with one attached hydrogen (secondary N) is 1. The Hall–Kier alpha value is -0.500. The number of sulfonamides is 1. The van der Waals surface area contributed by atoms with Gasteiger partial charge in [-0.2, -0.15) is 0 Å². The summed E-state index contributed by atoms with van der Waals surface area (Å²) in [6, 6.07) is 3.18. The molecule has 0 bridgehead atoms. The monoisotopic (exact) mass is 320 g/mol. The number of hydrogen-bond donors (Lipinski definition) is 2. The third kappa shape index (κ3) is 5.56. The summed E-state index contributed by atoms with van der Waals surface area (Å²) in [5, 5.41) is 0. The van der Waals surface area contributed by atoms with E-state index in [2.05, 4.69) is 18.6 Å². The van der Waals surface area contributed by atoms with Gasteiger partial charge < -0.3 is 5.73 Å². The highest BCUT2D eigenvalue weighted by Crippen LogP contribution is 2.21. The Labute approximate surface area is 124 Å². The molecule has 0 aromatic carbocycles. The van der Waals surface area contributed by atoms with E-state index in [-0.39, 0.29) is 9.20 Å². The van der Waals surface area contributed by atoms with Crippen LogP contribution in [0, 0.1) is 5.92 Å². The summed E-state index contributed by atoms with van der Waals surface area (Å²) in [4.78, 5) is 0.846. The van der Waals surface area contributed by atoms with Crippen molar-refractivity contribution >= 4 is 38.6 Å². The van der Waals surface area contributed by atoms with Crippen LogP contribution < -0.4 is 10.5 Å². The van der Waals surface area contributed by atoms with Crippen LogP contribution in [0.1, 0.15) is 38.0 Å². The smallest absolute Gasteiger partial charge is 0.250 e. The standard InChI is InChI=1S/C12H20N2O2S3/c1-9(2)5-3-4-8-14-19(15,16)11-7-6-10(18-11)12(13)17/h6-7,9,14H,3-5,8H2,1-2H3,(H2,13,17). The summed E-state index contributed by atoms with van der Waals surface area (Å²) in [5.41, 5.74) is 5.46. The molecule has 0 aliphatic carbocycles. The van der Waals surface area contributed by atoms with Crippen LogP contribution in [-0.2, 0) is 10.0 Å². The molecule has 108 valence electrons. The minimum Gasteiger partial charge on any atom is -0.389 e. The summed E-state index contributed by atoms with van der Waals surface area (Å²) in [5.74, 6) is 0.655. The van der Waals surface area contributed by atoms with Crippen molar-refractivity contribution < 1.29 is 8.42 Å². The Balaban J connectivity index is 2.49. The lowest BCUT2D eigenvalue weighted by Crippen LogP contribution is -2.24. The molecule has 0 saturated carbocycles. The number of unbranched alkanes of at least 4 members (excludes halogenated alkanes) is 1. The van der Waals surface area contributed by atoms with E-state index in [1.165, 1.54) is 6.07 Å². The predicted molar refractivity (Wildman–Crippen MR) is 84.1 cm³/mol. The van der Waals surface area contributed by atoms with Crippen LogP contribution >= 0.6 is 23.6 Å². The second-order valence-electron chi connectivity index (χ2n) is 4.77. The van der Waals surface area contributed by atoms with Gasteiger partial charge >= 0.3 is 0 Å². The Morgan fingerprint density at radius 3 is 2.63 bits per heavy atom. The molecule has 0 unspecified atom stereocenters. The number of thiocarbonyl (C=S) groups is 1. The molecule has 1 rings (SSSR count). The molecule has 7 heteroatoms. The van der Waals surface area contributed by atoms with Gasteiger partial charge in [-0.3, -0.25) is 0 Å². The summed E-state index contributed by atoms with van der Waals surface area (Å²) < 4.78 is 26.8. The van der Waals surface area contributed by atoms with Gasteiger partial charge in [0.2, 0.25) is 10.0 Å². The van der Waals surface area contributed by atoms with E-state index in [9.17, 15) is 8.42 Å². The van der Waals surface area contributed by atoms with Crippen LogP contribution in [-0.4, -0.2) is 20.0 Å². The highest BCUT2D eigenvalue weighted by molar-refractivity contribution is 7.91. The van der Waals surface area contributed by atoms with Crippen molar-refractivity contribution in [3.05, 3.63) is 17.0 Å². The lowest BCUT2D eigenvalue weighted by Gasteiger charge is -2.06. The van der Waals surface area contributed by atoms with Crippen molar-refractivity contribution in [3.8, 4) is 0 Å². The molecule has 0 aliphatic heterocycles. The Kier molecular flexibility index (Phi) is 6.38. The lowest BCUT2D eigenvalue weighted by molar-refractivity contribution is 0.531. The number of thiophene rings is 1. The molecule has 0 saturated heterocycles. The molecule has 0 fully saturated rings. The second kappa shape index (κ2) is 7.33. The molecular weight excluding hydrogens is 300 g/mol. The minimum atomic E-state index is -3.42. The van der Waals surface area contributed by atoms with Crippen molar-refractivity contribution in [2.75, 3.05) is 6.54 Å². The van der Waals surface area contributed by atoms with Crippen LogP contribution in [0.25, 0.3) is 0 Å². The topological polar surface area (TPSA) is 72.2 Å². The third-order valence-electron chi connectivity index (χ3n) is 2.59. The first-order valence-corrected chi connectivity index (χ1v) is 8.93.